The van der Waals surface area contributed by atoms with Crippen molar-refractivity contribution in [1.29, 1.82) is 0 Å². The highest BCUT2D eigenvalue weighted by Crippen LogP contribution is 2.14. The molecule has 1 aromatic heterocycles. The van der Waals surface area contributed by atoms with E-state index in [-0.39, 0.29) is 0 Å². The average molecular weight is 221 g/mol. The van der Waals surface area contributed by atoms with E-state index in [0.717, 1.165) is 49.4 Å². The Hall–Kier alpha value is -1.29. The molecule has 88 valence electrons. The Morgan fingerprint density at radius 3 is 2.31 bits per heavy atom. The van der Waals surface area contributed by atoms with Gasteiger partial charge >= 0.3 is 0 Å². The van der Waals surface area contributed by atoms with Crippen LogP contribution < -0.4 is 5.01 Å². The van der Waals surface area contributed by atoms with Gasteiger partial charge in [0.2, 0.25) is 0 Å². The minimum atomic E-state index is 0.802. The molecule has 2 heterocycles. The normalized spacial score (nSPS) is 17.8. The first-order chi connectivity index (χ1) is 7.63. The van der Waals surface area contributed by atoms with Gasteiger partial charge in [-0.3, -0.25) is 9.47 Å². The zero-order valence-electron chi connectivity index (χ0n) is 10.2. The summed E-state index contributed by atoms with van der Waals surface area (Å²) in [5, 5.41) is 2.32. The summed E-state index contributed by atoms with van der Waals surface area (Å²) in [5.74, 6) is 0. The lowest BCUT2D eigenvalue weighted by atomic mass is 10.3. The van der Waals surface area contributed by atoms with Crippen molar-refractivity contribution < 1.29 is 4.79 Å². The van der Waals surface area contributed by atoms with Gasteiger partial charge in [0.15, 0.2) is 6.29 Å². The van der Waals surface area contributed by atoms with E-state index < -0.39 is 0 Å². The van der Waals surface area contributed by atoms with Crippen molar-refractivity contribution in [3.05, 3.63) is 23.0 Å². The standard InChI is InChI=1S/C12H19N3O/c1-10-8-12(9-16)11(2)15(10)14-6-4-13(3)5-7-14/h8-9H,4-7H2,1-3H3. The number of hydrogen-bond donors (Lipinski definition) is 0. The lowest BCUT2D eigenvalue weighted by molar-refractivity contribution is 0.112. The number of rotatable bonds is 2. The molecule has 0 unspecified atom stereocenters. The summed E-state index contributed by atoms with van der Waals surface area (Å²) in [6, 6.07) is 1.96. The Kier molecular flexibility index (Phi) is 3.01. The number of aryl methyl sites for hydroxylation is 1. The number of carbonyl (C=O) groups is 1. The summed E-state index contributed by atoms with van der Waals surface area (Å²) in [5.41, 5.74) is 3.00. The summed E-state index contributed by atoms with van der Waals surface area (Å²) >= 11 is 0. The van der Waals surface area contributed by atoms with Crippen LogP contribution in [0.5, 0.6) is 0 Å². The van der Waals surface area contributed by atoms with Gasteiger partial charge in [-0.05, 0) is 27.0 Å². The predicted molar refractivity (Wildman–Crippen MR) is 64.7 cm³/mol. The summed E-state index contributed by atoms with van der Waals surface area (Å²) in [6.07, 6.45) is 0.939. The van der Waals surface area contributed by atoms with E-state index in [9.17, 15) is 4.79 Å². The number of hydrogen-bond acceptors (Lipinski definition) is 3. The molecule has 0 atom stereocenters. The molecule has 1 aliphatic rings. The van der Waals surface area contributed by atoms with Gasteiger partial charge < -0.3 is 9.91 Å². The van der Waals surface area contributed by atoms with Gasteiger partial charge in [-0.15, -0.1) is 0 Å². The summed E-state index contributed by atoms with van der Waals surface area (Å²) in [4.78, 5) is 13.2. The molecule has 0 radical (unpaired) electrons. The molecule has 0 bridgehead atoms. The third kappa shape index (κ3) is 1.85. The van der Waals surface area contributed by atoms with Crippen LogP contribution in [0.4, 0.5) is 0 Å². The Bertz CT molecular complexity index is 389. The van der Waals surface area contributed by atoms with Crippen LogP contribution in [-0.2, 0) is 0 Å². The van der Waals surface area contributed by atoms with E-state index in [0.29, 0.717) is 0 Å². The van der Waals surface area contributed by atoms with Gasteiger partial charge in [0.25, 0.3) is 0 Å². The van der Waals surface area contributed by atoms with Gasteiger partial charge in [-0.25, -0.2) is 0 Å². The lowest BCUT2D eigenvalue weighted by Crippen LogP contribution is -2.50. The second kappa shape index (κ2) is 4.29. The molecule has 0 saturated carbocycles. The van der Waals surface area contributed by atoms with E-state index in [4.69, 9.17) is 0 Å². The topological polar surface area (TPSA) is 28.5 Å². The fourth-order valence-corrected chi connectivity index (χ4v) is 2.33. The summed E-state index contributed by atoms with van der Waals surface area (Å²) in [6.45, 7) is 8.25. The Morgan fingerprint density at radius 2 is 1.81 bits per heavy atom. The fraction of sp³-hybridized carbons (Fsp3) is 0.583. The number of nitrogens with zero attached hydrogens (tertiary/aromatic N) is 3. The van der Waals surface area contributed by atoms with E-state index >= 15 is 0 Å². The molecule has 4 nitrogen and oxygen atoms in total. The predicted octanol–water partition coefficient (Wildman–Crippen LogP) is 0.801. The molecular formula is C12H19N3O. The highest BCUT2D eigenvalue weighted by atomic mass is 16.1. The van der Waals surface area contributed by atoms with Gasteiger partial charge in [-0.1, -0.05) is 0 Å². The van der Waals surface area contributed by atoms with Crippen molar-refractivity contribution >= 4 is 6.29 Å². The van der Waals surface area contributed by atoms with E-state index in [1.54, 1.807) is 0 Å². The van der Waals surface area contributed by atoms with Gasteiger partial charge in [-0.2, -0.15) is 0 Å². The highest BCUT2D eigenvalue weighted by Gasteiger charge is 2.18. The second-order valence-electron chi connectivity index (χ2n) is 4.51. The molecule has 0 N–H and O–H groups in total. The molecule has 0 spiro atoms. The van der Waals surface area contributed by atoms with E-state index in [1.165, 1.54) is 0 Å². The van der Waals surface area contributed by atoms with Crippen LogP contribution in [0.15, 0.2) is 6.07 Å². The molecule has 0 aromatic carbocycles. The number of aldehydes is 1. The Morgan fingerprint density at radius 1 is 1.19 bits per heavy atom. The van der Waals surface area contributed by atoms with Crippen molar-refractivity contribution in [2.45, 2.75) is 13.8 Å². The molecule has 2 rings (SSSR count). The van der Waals surface area contributed by atoms with Crippen molar-refractivity contribution in [2.75, 3.05) is 38.2 Å². The molecule has 16 heavy (non-hydrogen) atoms. The first-order valence-corrected chi connectivity index (χ1v) is 5.71. The monoisotopic (exact) mass is 221 g/mol. The Balaban J connectivity index is 2.26. The Labute approximate surface area is 96.4 Å². The smallest absolute Gasteiger partial charge is 0.151 e. The third-order valence-electron chi connectivity index (χ3n) is 3.32. The highest BCUT2D eigenvalue weighted by molar-refractivity contribution is 5.77. The van der Waals surface area contributed by atoms with Crippen LogP contribution in [0, 0.1) is 13.8 Å². The molecule has 4 heteroatoms. The molecule has 1 saturated heterocycles. The molecule has 1 fully saturated rings. The maximum Gasteiger partial charge on any atom is 0.151 e. The minimum Gasteiger partial charge on any atom is -0.310 e. The van der Waals surface area contributed by atoms with E-state index in [2.05, 4.69) is 28.6 Å². The zero-order valence-corrected chi connectivity index (χ0v) is 10.2. The molecule has 1 aromatic rings. The maximum atomic E-state index is 10.9. The SMILES string of the molecule is Cc1cc(C=O)c(C)n1N1CCN(C)CC1. The first kappa shape index (κ1) is 11.2. The molecule has 0 amide bonds. The van der Waals surface area contributed by atoms with Crippen LogP contribution in [0.3, 0.4) is 0 Å². The number of aromatic nitrogens is 1. The number of likely N-dealkylation sites (N-methyl/N-ethyl adjacent to an activating group) is 1. The van der Waals surface area contributed by atoms with Crippen LogP contribution in [0.2, 0.25) is 0 Å². The lowest BCUT2D eigenvalue weighted by Gasteiger charge is -2.36. The van der Waals surface area contributed by atoms with Crippen molar-refractivity contribution in [2.24, 2.45) is 0 Å². The average Bonchev–Trinajstić information content (AvgIpc) is 2.56. The number of piperazine rings is 1. The number of carbonyl (C=O) groups excluding carboxylic acids is 1. The van der Waals surface area contributed by atoms with Crippen LogP contribution >= 0.6 is 0 Å². The maximum absolute atomic E-state index is 10.9. The minimum absolute atomic E-state index is 0.802. The van der Waals surface area contributed by atoms with Crippen molar-refractivity contribution in [3.8, 4) is 0 Å². The summed E-state index contributed by atoms with van der Waals surface area (Å²) in [7, 11) is 2.14. The zero-order chi connectivity index (χ0) is 11.7. The van der Waals surface area contributed by atoms with Crippen molar-refractivity contribution in [1.82, 2.24) is 9.58 Å². The van der Waals surface area contributed by atoms with Gasteiger partial charge in [0, 0.05) is 43.1 Å². The quantitative estimate of drug-likeness (QED) is 0.692. The van der Waals surface area contributed by atoms with Crippen LogP contribution in [0.1, 0.15) is 21.7 Å². The second-order valence-corrected chi connectivity index (χ2v) is 4.51. The summed E-state index contributed by atoms with van der Waals surface area (Å²) < 4.78 is 2.18. The van der Waals surface area contributed by atoms with Crippen LogP contribution in [-0.4, -0.2) is 49.1 Å². The molecule has 1 aliphatic heterocycles. The molecule has 0 aliphatic carbocycles. The van der Waals surface area contributed by atoms with Gasteiger partial charge in [0.05, 0.1) is 0 Å². The molecular weight excluding hydrogens is 202 g/mol. The fourth-order valence-electron chi connectivity index (χ4n) is 2.33. The van der Waals surface area contributed by atoms with Gasteiger partial charge in [0.1, 0.15) is 0 Å². The van der Waals surface area contributed by atoms with Crippen molar-refractivity contribution in [3.63, 3.8) is 0 Å². The largest absolute Gasteiger partial charge is 0.310 e. The third-order valence-corrected chi connectivity index (χ3v) is 3.32. The van der Waals surface area contributed by atoms with Crippen LogP contribution in [0.25, 0.3) is 0 Å². The first-order valence-electron chi connectivity index (χ1n) is 5.71. The van der Waals surface area contributed by atoms with E-state index in [1.807, 2.05) is 13.0 Å².